The van der Waals surface area contributed by atoms with Gasteiger partial charge < -0.3 is 15.0 Å². The highest BCUT2D eigenvalue weighted by Crippen LogP contribution is 2.19. The van der Waals surface area contributed by atoms with E-state index in [1.54, 1.807) is 0 Å². The maximum absolute atomic E-state index is 12.4. The molecule has 1 N–H and O–H groups in total. The van der Waals surface area contributed by atoms with Gasteiger partial charge >= 0.3 is 0 Å². The van der Waals surface area contributed by atoms with Crippen LogP contribution in [0.4, 0.5) is 0 Å². The lowest BCUT2D eigenvalue weighted by atomic mass is 10.1. The number of carbonyl (C=O) groups is 2. The zero-order chi connectivity index (χ0) is 18.9. The molecule has 2 aromatic carbocycles. The SMILES string of the molecule is O=C(CCCOc1ccccc1)NC(CN1CCCC1=O)c1ccccc1. The summed E-state index contributed by atoms with van der Waals surface area (Å²) in [6, 6.07) is 19.2. The van der Waals surface area contributed by atoms with E-state index in [-0.39, 0.29) is 17.9 Å². The molecule has 3 rings (SSSR count). The zero-order valence-corrected chi connectivity index (χ0v) is 15.5. The standard InChI is InChI=1S/C22H26N2O3/c25-21(13-8-16-27-19-11-5-2-6-12-19)23-20(18-9-3-1-4-10-18)17-24-15-7-14-22(24)26/h1-6,9-12,20H,7-8,13-17H2,(H,23,25). The van der Waals surface area contributed by atoms with E-state index in [4.69, 9.17) is 4.74 Å². The Labute approximate surface area is 160 Å². The second-order valence-electron chi connectivity index (χ2n) is 6.74. The number of nitrogens with one attached hydrogen (secondary N) is 1. The second-order valence-corrected chi connectivity index (χ2v) is 6.74. The van der Waals surface area contributed by atoms with Gasteiger partial charge in [-0.2, -0.15) is 0 Å². The molecule has 5 heteroatoms. The minimum absolute atomic E-state index is 0.0211. The Morgan fingerprint density at radius 2 is 1.78 bits per heavy atom. The molecule has 0 spiro atoms. The Balaban J connectivity index is 1.50. The molecule has 1 aliphatic heterocycles. The predicted octanol–water partition coefficient (Wildman–Crippen LogP) is 3.33. The third-order valence-corrected chi connectivity index (χ3v) is 4.67. The lowest BCUT2D eigenvalue weighted by molar-refractivity contribution is -0.129. The number of hydrogen-bond acceptors (Lipinski definition) is 3. The fourth-order valence-corrected chi connectivity index (χ4v) is 3.24. The van der Waals surface area contributed by atoms with Gasteiger partial charge in [0.05, 0.1) is 12.6 Å². The van der Waals surface area contributed by atoms with Crippen molar-refractivity contribution < 1.29 is 14.3 Å². The van der Waals surface area contributed by atoms with E-state index in [0.29, 0.717) is 32.4 Å². The molecule has 0 aromatic heterocycles. The van der Waals surface area contributed by atoms with Gasteiger partial charge in [-0.05, 0) is 30.5 Å². The maximum atomic E-state index is 12.4. The molecule has 0 aliphatic carbocycles. The van der Waals surface area contributed by atoms with Gasteiger partial charge in [-0.1, -0.05) is 48.5 Å². The second kappa shape index (κ2) is 9.76. The van der Waals surface area contributed by atoms with Gasteiger partial charge in [0, 0.05) is 25.9 Å². The number of benzene rings is 2. The number of nitrogens with zero attached hydrogens (tertiary/aromatic N) is 1. The van der Waals surface area contributed by atoms with Crippen molar-refractivity contribution in [2.45, 2.75) is 31.7 Å². The lowest BCUT2D eigenvalue weighted by Gasteiger charge is -2.25. The van der Waals surface area contributed by atoms with Crippen LogP contribution in [-0.4, -0.2) is 36.4 Å². The molecule has 1 unspecified atom stereocenters. The average Bonchev–Trinajstić information content (AvgIpc) is 3.11. The molecule has 0 saturated carbocycles. The van der Waals surface area contributed by atoms with Crippen LogP contribution in [0.25, 0.3) is 0 Å². The molecule has 1 atom stereocenters. The van der Waals surface area contributed by atoms with Gasteiger partial charge in [0.2, 0.25) is 11.8 Å². The molecule has 1 heterocycles. The van der Waals surface area contributed by atoms with Crippen molar-refractivity contribution in [3.05, 3.63) is 66.2 Å². The molecule has 1 fully saturated rings. The van der Waals surface area contributed by atoms with Crippen LogP contribution in [0.1, 0.15) is 37.3 Å². The monoisotopic (exact) mass is 366 g/mol. The van der Waals surface area contributed by atoms with E-state index in [1.165, 1.54) is 0 Å². The Hall–Kier alpha value is -2.82. The molecule has 27 heavy (non-hydrogen) atoms. The van der Waals surface area contributed by atoms with Crippen LogP contribution in [0.5, 0.6) is 5.75 Å². The Morgan fingerprint density at radius 3 is 2.44 bits per heavy atom. The van der Waals surface area contributed by atoms with Gasteiger partial charge in [-0.15, -0.1) is 0 Å². The van der Waals surface area contributed by atoms with Gasteiger partial charge in [-0.3, -0.25) is 9.59 Å². The summed E-state index contributed by atoms with van der Waals surface area (Å²) in [5.41, 5.74) is 1.02. The zero-order valence-electron chi connectivity index (χ0n) is 15.5. The van der Waals surface area contributed by atoms with Crippen LogP contribution < -0.4 is 10.1 Å². The van der Waals surface area contributed by atoms with E-state index in [1.807, 2.05) is 65.6 Å². The molecular formula is C22H26N2O3. The van der Waals surface area contributed by atoms with Crippen molar-refractivity contribution in [3.63, 3.8) is 0 Å². The summed E-state index contributed by atoms with van der Waals surface area (Å²) in [5, 5.41) is 3.09. The minimum atomic E-state index is -0.184. The van der Waals surface area contributed by atoms with Crippen molar-refractivity contribution in [1.29, 1.82) is 0 Å². The molecule has 1 saturated heterocycles. The van der Waals surface area contributed by atoms with Crippen molar-refractivity contribution in [2.75, 3.05) is 19.7 Å². The summed E-state index contributed by atoms with van der Waals surface area (Å²) in [5.74, 6) is 0.959. The Kier molecular flexibility index (Phi) is 6.85. The largest absolute Gasteiger partial charge is 0.494 e. The normalized spacial score (nSPS) is 14.8. The van der Waals surface area contributed by atoms with E-state index in [2.05, 4.69) is 5.32 Å². The highest BCUT2D eigenvalue weighted by Gasteiger charge is 2.25. The first-order chi connectivity index (χ1) is 13.2. The highest BCUT2D eigenvalue weighted by atomic mass is 16.5. The van der Waals surface area contributed by atoms with Crippen LogP contribution in [0.2, 0.25) is 0 Å². The van der Waals surface area contributed by atoms with E-state index < -0.39 is 0 Å². The molecule has 2 aromatic rings. The Morgan fingerprint density at radius 1 is 1.07 bits per heavy atom. The molecular weight excluding hydrogens is 340 g/mol. The number of para-hydroxylation sites is 1. The third kappa shape index (κ3) is 5.84. The summed E-state index contributed by atoms with van der Waals surface area (Å²) in [6.45, 7) is 1.79. The number of hydrogen-bond donors (Lipinski definition) is 1. The lowest BCUT2D eigenvalue weighted by Crippen LogP contribution is -2.38. The van der Waals surface area contributed by atoms with Crippen molar-refractivity contribution >= 4 is 11.8 Å². The summed E-state index contributed by atoms with van der Waals surface area (Å²) in [4.78, 5) is 26.2. The molecule has 0 bridgehead atoms. The van der Waals surface area contributed by atoms with Gasteiger partial charge in [0.25, 0.3) is 0 Å². The summed E-state index contributed by atoms with van der Waals surface area (Å²) < 4.78 is 5.63. The summed E-state index contributed by atoms with van der Waals surface area (Å²) in [7, 11) is 0. The number of likely N-dealkylation sites (tertiary alicyclic amines) is 1. The van der Waals surface area contributed by atoms with Crippen molar-refractivity contribution in [2.24, 2.45) is 0 Å². The number of carbonyl (C=O) groups excluding carboxylic acids is 2. The number of amides is 2. The minimum Gasteiger partial charge on any atom is -0.494 e. The van der Waals surface area contributed by atoms with Gasteiger partial charge in [0.1, 0.15) is 5.75 Å². The van der Waals surface area contributed by atoms with Crippen LogP contribution in [0.3, 0.4) is 0 Å². The number of ether oxygens (including phenoxy) is 1. The van der Waals surface area contributed by atoms with Crippen LogP contribution in [-0.2, 0) is 9.59 Å². The number of rotatable bonds is 9. The van der Waals surface area contributed by atoms with Crippen LogP contribution >= 0.6 is 0 Å². The first kappa shape index (κ1) is 19.0. The first-order valence-electron chi connectivity index (χ1n) is 9.52. The van der Waals surface area contributed by atoms with Crippen LogP contribution in [0.15, 0.2) is 60.7 Å². The van der Waals surface area contributed by atoms with Crippen molar-refractivity contribution in [3.8, 4) is 5.75 Å². The highest BCUT2D eigenvalue weighted by molar-refractivity contribution is 5.79. The maximum Gasteiger partial charge on any atom is 0.222 e. The predicted molar refractivity (Wildman–Crippen MR) is 104 cm³/mol. The average molecular weight is 366 g/mol. The Bertz CT molecular complexity index is 734. The van der Waals surface area contributed by atoms with E-state index >= 15 is 0 Å². The molecule has 142 valence electrons. The summed E-state index contributed by atoms with van der Waals surface area (Å²) in [6.07, 6.45) is 2.53. The summed E-state index contributed by atoms with van der Waals surface area (Å²) >= 11 is 0. The van der Waals surface area contributed by atoms with Gasteiger partial charge in [0.15, 0.2) is 0 Å². The molecule has 1 aliphatic rings. The van der Waals surface area contributed by atoms with E-state index in [0.717, 1.165) is 24.3 Å². The smallest absolute Gasteiger partial charge is 0.222 e. The van der Waals surface area contributed by atoms with Crippen molar-refractivity contribution in [1.82, 2.24) is 10.2 Å². The molecule has 0 radical (unpaired) electrons. The fourth-order valence-electron chi connectivity index (χ4n) is 3.24. The third-order valence-electron chi connectivity index (χ3n) is 4.67. The van der Waals surface area contributed by atoms with E-state index in [9.17, 15) is 9.59 Å². The topological polar surface area (TPSA) is 58.6 Å². The van der Waals surface area contributed by atoms with Crippen LogP contribution in [0, 0.1) is 0 Å². The first-order valence-corrected chi connectivity index (χ1v) is 9.52. The quantitative estimate of drug-likeness (QED) is 0.693. The van der Waals surface area contributed by atoms with Gasteiger partial charge in [-0.25, -0.2) is 0 Å². The molecule has 2 amide bonds. The molecule has 5 nitrogen and oxygen atoms in total. The fraction of sp³-hybridized carbons (Fsp3) is 0.364.